The van der Waals surface area contributed by atoms with E-state index >= 15 is 0 Å². The molecule has 10 rings (SSSR count). The summed E-state index contributed by atoms with van der Waals surface area (Å²) in [6.07, 6.45) is 0. The number of hydrogen-bond acceptors (Lipinski definition) is 3. The van der Waals surface area contributed by atoms with Crippen LogP contribution in [0, 0.1) is 0 Å². The Morgan fingerprint density at radius 3 is 1.01 bits per heavy atom. The largest absolute Gasteiger partial charge is 0.457 e. The van der Waals surface area contributed by atoms with Crippen molar-refractivity contribution in [3.8, 4) is 67.9 Å². The molecule has 0 unspecified atom stereocenters. The molecule has 67 heavy (non-hydrogen) atoms. The molecule has 0 amide bonds. The lowest BCUT2D eigenvalue weighted by Gasteiger charge is -2.24. The topological polar surface area (TPSA) is 44.9 Å². The quantitative estimate of drug-likeness (QED) is 0.123. The van der Waals surface area contributed by atoms with Crippen LogP contribution in [0.3, 0.4) is 0 Å². The molecule has 0 aliphatic heterocycles. The van der Waals surface area contributed by atoms with Gasteiger partial charge in [0.1, 0.15) is 23.1 Å². The average molecular weight is 875 g/mol. The van der Waals surface area contributed by atoms with E-state index in [0.29, 0.717) is 0 Å². The Kier molecular flexibility index (Phi) is 11.7. The van der Waals surface area contributed by atoms with Crippen molar-refractivity contribution in [3.05, 3.63) is 204 Å². The van der Waals surface area contributed by atoms with E-state index in [1.807, 2.05) is 12.1 Å². The Morgan fingerprint density at radius 1 is 0.328 bits per heavy atom. The number of para-hydroxylation sites is 4. The van der Waals surface area contributed by atoms with Crippen molar-refractivity contribution in [2.75, 3.05) is 0 Å². The Balaban J connectivity index is 1.08. The third-order valence-corrected chi connectivity index (χ3v) is 13.0. The molecule has 5 heteroatoms. The normalized spacial score (nSPS) is 11.8. The lowest BCUT2D eigenvalue weighted by Crippen LogP contribution is -2.09. The van der Waals surface area contributed by atoms with Gasteiger partial charge in [0.05, 0.1) is 33.4 Å². The Morgan fingerprint density at radius 2 is 0.657 bits per heavy atom. The molecule has 0 bridgehead atoms. The van der Waals surface area contributed by atoms with Gasteiger partial charge in [-0.15, -0.1) is 0 Å². The third-order valence-electron chi connectivity index (χ3n) is 13.0. The summed E-state index contributed by atoms with van der Waals surface area (Å²) in [6.45, 7) is 18.4. The van der Waals surface area contributed by atoms with Crippen molar-refractivity contribution >= 4 is 22.1 Å². The van der Waals surface area contributed by atoms with Gasteiger partial charge in [-0.05, 0) is 141 Å². The van der Waals surface area contributed by atoms with Gasteiger partial charge in [0, 0.05) is 11.1 Å². The fraction of sp³-hybridized carbons (Fsp3) is 0.194. The molecule has 2 heterocycles. The van der Waals surface area contributed by atoms with Crippen LogP contribution in [-0.4, -0.2) is 19.1 Å². The number of fused-ring (bicyclic) bond motifs is 2. The summed E-state index contributed by atoms with van der Waals surface area (Å²) in [5, 5.41) is 0. The zero-order valence-corrected chi connectivity index (χ0v) is 39.8. The number of aromatic nitrogens is 4. The zero-order chi connectivity index (χ0) is 46.3. The summed E-state index contributed by atoms with van der Waals surface area (Å²) in [5.41, 5.74) is 18.5. The number of rotatable bonds is 12. The van der Waals surface area contributed by atoms with Gasteiger partial charge in [-0.25, -0.2) is 9.97 Å². The number of ether oxygens (including phenoxy) is 1. The molecular weight excluding hydrogens is 817 g/mol. The predicted molar refractivity (Wildman–Crippen MR) is 280 cm³/mol. The first-order chi connectivity index (χ1) is 32.5. The second kappa shape index (κ2) is 18.1. The molecule has 10 aromatic rings. The maximum absolute atomic E-state index is 6.85. The van der Waals surface area contributed by atoms with Gasteiger partial charge >= 0.3 is 0 Å². The van der Waals surface area contributed by atoms with Crippen LogP contribution < -0.4 is 4.74 Å². The van der Waals surface area contributed by atoms with Crippen molar-refractivity contribution < 1.29 is 4.74 Å². The standard InChI is InChI=1S/C62H58N4O/c1-39(2)51-35-47(43-21-11-9-12-22-43)36-52(40(3)4)59(51)65-57-31-17-15-29-55(57)63-61(65)45-25-19-27-49(33-45)67-50-28-20-26-46(34-50)62-64-56-30-16-18-32-58(56)66(62)60-53(41(5)6)37-48(38-54(60)42(7)8)44-23-13-10-14-24-44/h9-42H,1-8H3. The van der Waals surface area contributed by atoms with Crippen LogP contribution >= 0.6 is 0 Å². The summed E-state index contributed by atoms with van der Waals surface area (Å²) in [6, 6.07) is 64.7. The molecule has 0 radical (unpaired) electrons. The summed E-state index contributed by atoms with van der Waals surface area (Å²) >= 11 is 0. The Bertz CT molecular complexity index is 3110. The molecule has 0 spiro atoms. The van der Waals surface area contributed by atoms with Gasteiger partial charge in [-0.2, -0.15) is 0 Å². The number of hydrogen-bond donors (Lipinski definition) is 0. The Hall–Kier alpha value is -7.50. The predicted octanol–water partition coefficient (Wildman–Crippen LogP) is 17.3. The Labute approximate surface area is 395 Å². The van der Waals surface area contributed by atoms with E-state index in [0.717, 1.165) is 56.3 Å². The van der Waals surface area contributed by atoms with Crippen molar-refractivity contribution in [1.29, 1.82) is 0 Å². The van der Waals surface area contributed by atoms with Crippen LogP contribution in [0.4, 0.5) is 0 Å². The van der Waals surface area contributed by atoms with E-state index in [-0.39, 0.29) is 23.7 Å². The molecule has 0 atom stereocenters. The maximum atomic E-state index is 6.85. The summed E-state index contributed by atoms with van der Waals surface area (Å²) < 4.78 is 11.6. The van der Waals surface area contributed by atoms with Crippen LogP contribution in [-0.2, 0) is 0 Å². The highest BCUT2D eigenvalue weighted by molar-refractivity contribution is 5.87. The first-order valence-corrected chi connectivity index (χ1v) is 23.8. The number of imidazole rings is 2. The van der Waals surface area contributed by atoms with Crippen molar-refractivity contribution in [2.24, 2.45) is 0 Å². The number of nitrogens with zero attached hydrogens (tertiary/aromatic N) is 4. The first kappa shape index (κ1) is 43.4. The summed E-state index contributed by atoms with van der Waals surface area (Å²) in [4.78, 5) is 10.7. The maximum Gasteiger partial charge on any atom is 0.145 e. The third kappa shape index (κ3) is 8.24. The van der Waals surface area contributed by atoms with Crippen LogP contribution in [0.25, 0.3) is 78.5 Å². The van der Waals surface area contributed by atoms with Gasteiger partial charge < -0.3 is 4.74 Å². The van der Waals surface area contributed by atoms with E-state index < -0.39 is 0 Å². The van der Waals surface area contributed by atoms with Crippen LogP contribution in [0.5, 0.6) is 11.5 Å². The highest BCUT2D eigenvalue weighted by Gasteiger charge is 2.26. The van der Waals surface area contributed by atoms with Gasteiger partial charge in [-0.3, -0.25) is 9.13 Å². The minimum absolute atomic E-state index is 0.267. The van der Waals surface area contributed by atoms with E-state index in [4.69, 9.17) is 14.7 Å². The van der Waals surface area contributed by atoms with Crippen molar-refractivity contribution in [1.82, 2.24) is 19.1 Å². The lowest BCUT2D eigenvalue weighted by atomic mass is 9.88. The minimum atomic E-state index is 0.267. The lowest BCUT2D eigenvalue weighted by molar-refractivity contribution is 0.483. The van der Waals surface area contributed by atoms with E-state index in [9.17, 15) is 0 Å². The molecule has 8 aromatic carbocycles. The number of benzene rings is 8. The molecule has 0 aliphatic carbocycles. The fourth-order valence-corrected chi connectivity index (χ4v) is 9.66. The molecular formula is C62H58N4O. The SMILES string of the molecule is CC(C)c1cc(-c2ccccc2)cc(C(C)C)c1-n1c(-c2cccc(Oc3cccc(-c4nc5ccccc5n4-c4c(C(C)C)cc(-c5ccccc5)cc4C(C)C)c3)c2)nc2ccccc21. The second-order valence-electron chi connectivity index (χ2n) is 19.0. The highest BCUT2D eigenvalue weighted by Crippen LogP contribution is 2.43. The summed E-state index contributed by atoms with van der Waals surface area (Å²) in [7, 11) is 0. The molecule has 0 N–H and O–H groups in total. The molecule has 2 aromatic heterocycles. The van der Waals surface area contributed by atoms with E-state index in [2.05, 4.69) is 234 Å². The van der Waals surface area contributed by atoms with E-state index in [1.54, 1.807) is 0 Å². The van der Waals surface area contributed by atoms with Gasteiger partial charge in [-0.1, -0.05) is 165 Å². The molecule has 5 nitrogen and oxygen atoms in total. The molecule has 0 saturated carbocycles. The van der Waals surface area contributed by atoms with Crippen LogP contribution in [0.15, 0.2) is 182 Å². The van der Waals surface area contributed by atoms with Crippen molar-refractivity contribution in [2.45, 2.75) is 79.1 Å². The van der Waals surface area contributed by atoms with E-state index in [1.165, 1.54) is 55.9 Å². The van der Waals surface area contributed by atoms with Gasteiger partial charge in [0.2, 0.25) is 0 Å². The summed E-state index contributed by atoms with van der Waals surface area (Å²) in [5.74, 6) is 4.29. The molecule has 0 aliphatic rings. The minimum Gasteiger partial charge on any atom is -0.457 e. The monoisotopic (exact) mass is 874 g/mol. The average Bonchev–Trinajstić information content (AvgIpc) is 3.93. The molecule has 0 saturated heterocycles. The molecule has 332 valence electrons. The molecule has 0 fully saturated rings. The van der Waals surface area contributed by atoms with Gasteiger partial charge in [0.25, 0.3) is 0 Å². The van der Waals surface area contributed by atoms with Crippen LogP contribution in [0.1, 0.15) is 101 Å². The zero-order valence-electron chi connectivity index (χ0n) is 39.8. The van der Waals surface area contributed by atoms with Crippen LogP contribution in [0.2, 0.25) is 0 Å². The highest BCUT2D eigenvalue weighted by atomic mass is 16.5. The second-order valence-corrected chi connectivity index (χ2v) is 19.0. The fourth-order valence-electron chi connectivity index (χ4n) is 9.66. The first-order valence-electron chi connectivity index (χ1n) is 23.8. The smallest absolute Gasteiger partial charge is 0.145 e. The van der Waals surface area contributed by atoms with Crippen molar-refractivity contribution in [3.63, 3.8) is 0 Å². The van der Waals surface area contributed by atoms with Gasteiger partial charge in [0.15, 0.2) is 0 Å².